The van der Waals surface area contributed by atoms with Gasteiger partial charge in [-0.3, -0.25) is 14.6 Å². The van der Waals surface area contributed by atoms with Gasteiger partial charge in [-0.1, -0.05) is 42.5 Å². The Hall–Kier alpha value is -5.51. The van der Waals surface area contributed by atoms with Crippen molar-refractivity contribution in [3.8, 4) is 40.2 Å². The smallest absolute Gasteiger partial charge is 0.251 e. The molecule has 0 saturated carbocycles. The van der Waals surface area contributed by atoms with Crippen molar-refractivity contribution in [3.63, 3.8) is 0 Å². The Morgan fingerprint density at radius 1 is 0.745 bits per heavy atom. The second-order valence-electron chi connectivity index (χ2n) is 14.7. The van der Waals surface area contributed by atoms with Crippen LogP contribution in [0.25, 0.3) is 0 Å². The summed E-state index contributed by atoms with van der Waals surface area (Å²) in [7, 11) is 7.74. The molecule has 9 rings (SSSR count). The van der Waals surface area contributed by atoms with Crippen LogP contribution in [0.3, 0.4) is 0 Å². The molecule has 5 aromatic carbocycles. The topological polar surface area (TPSA) is 81.7 Å². The van der Waals surface area contributed by atoms with Crippen molar-refractivity contribution in [2.75, 3.05) is 54.6 Å². The molecule has 0 saturated heterocycles. The van der Waals surface area contributed by atoms with Crippen LogP contribution in [0.1, 0.15) is 62.2 Å². The van der Waals surface area contributed by atoms with Crippen LogP contribution in [0.4, 0.5) is 0 Å². The Kier molecular flexibility index (Phi) is 10.7. The molecular weight excluding hydrogens is 691 g/mol. The van der Waals surface area contributed by atoms with Crippen molar-refractivity contribution in [1.29, 1.82) is 0 Å². The summed E-state index contributed by atoms with van der Waals surface area (Å²) in [5.41, 5.74) is 7.90. The van der Waals surface area contributed by atoms with Crippen LogP contribution in [0, 0.1) is 0 Å². The van der Waals surface area contributed by atoms with Crippen LogP contribution >= 0.6 is 0 Å². The summed E-state index contributed by atoms with van der Waals surface area (Å²) in [6.07, 6.45) is 4.05. The first-order valence-electron chi connectivity index (χ1n) is 19.2. The van der Waals surface area contributed by atoms with Crippen LogP contribution in [0.5, 0.6) is 40.2 Å². The third kappa shape index (κ3) is 7.72. The first-order chi connectivity index (χ1) is 26.9. The fraction of sp³-hybridized carbons (Fsp3) is 0.326. The molecule has 0 radical (unpaired) electrons. The van der Waals surface area contributed by atoms with E-state index in [1.807, 2.05) is 48.5 Å². The van der Waals surface area contributed by atoms with Gasteiger partial charge in [-0.05, 0) is 129 Å². The van der Waals surface area contributed by atoms with Gasteiger partial charge in [-0.25, -0.2) is 0 Å². The van der Waals surface area contributed by atoms with Gasteiger partial charge in [0.1, 0.15) is 11.5 Å². The fourth-order valence-electron chi connectivity index (χ4n) is 8.17. The number of nitrogens with zero attached hydrogens (tertiary/aromatic N) is 2. The lowest BCUT2D eigenvalue weighted by Crippen LogP contribution is -2.34. The molecule has 284 valence electrons. The Bertz CT molecular complexity index is 2150. The highest BCUT2D eigenvalue weighted by atomic mass is 16.5. The van der Waals surface area contributed by atoms with Gasteiger partial charge in [0.25, 0.3) is 5.91 Å². The largest absolute Gasteiger partial charge is 0.493 e. The predicted molar refractivity (Wildman–Crippen MR) is 213 cm³/mol. The number of carbonyl (C=O) groups is 1. The number of likely N-dealkylation sites (N-methyl/N-ethyl adjacent to an activating group) is 2. The lowest BCUT2D eigenvalue weighted by molar-refractivity contribution is 0.0951. The number of benzene rings is 5. The van der Waals surface area contributed by atoms with Gasteiger partial charge in [0.15, 0.2) is 23.0 Å². The molecule has 2 atom stereocenters. The van der Waals surface area contributed by atoms with E-state index in [0.717, 1.165) is 55.0 Å². The molecule has 5 aromatic rings. The van der Waals surface area contributed by atoms with Crippen molar-refractivity contribution in [2.24, 2.45) is 0 Å². The Morgan fingerprint density at radius 3 is 2.25 bits per heavy atom. The van der Waals surface area contributed by atoms with Gasteiger partial charge < -0.3 is 29.0 Å². The van der Waals surface area contributed by atoms with Crippen LogP contribution in [0.15, 0.2) is 97.1 Å². The molecule has 0 fully saturated rings. The van der Waals surface area contributed by atoms with Crippen molar-refractivity contribution in [3.05, 3.63) is 136 Å². The van der Waals surface area contributed by atoms with E-state index >= 15 is 0 Å². The molecule has 0 unspecified atom stereocenters. The number of nitrogens with one attached hydrogen (secondary N) is 1. The second kappa shape index (κ2) is 16.1. The number of methoxy groups -OCH3 is 2. The highest BCUT2D eigenvalue weighted by Gasteiger charge is 2.34. The average Bonchev–Trinajstić information content (AvgIpc) is 3.21. The Labute approximate surface area is 323 Å². The standard InChI is InChI=1S/C46H49N3O6/c1-48-22-19-32-14-17-36-29-37(32)38(48)25-30-11-15-35(16-12-30)54-41-27-31(13-18-40(41)53-24-8-21-47-46(50)33-9-6-5-7-10-33)26-39-43-34(20-23-49(39)2)28-42(51-3)44(52-4)45(43)55-36/h5-7,9-18,27-29,38-39H,8,19-26H2,1-4H3,(H,47,50)/t38-,39+/m0/s1. The third-order valence-corrected chi connectivity index (χ3v) is 11.2. The molecule has 1 amide bonds. The minimum Gasteiger partial charge on any atom is -0.493 e. The van der Waals surface area contributed by atoms with E-state index in [-0.39, 0.29) is 18.0 Å². The summed E-state index contributed by atoms with van der Waals surface area (Å²) in [5, 5.41) is 2.99. The lowest BCUT2D eigenvalue weighted by Gasteiger charge is -2.37. The monoisotopic (exact) mass is 739 g/mol. The summed E-state index contributed by atoms with van der Waals surface area (Å²) in [5.74, 6) is 4.69. The number of hydrogen-bond donors (Lipinski definition) is 1. The van der Waals surface area contributed by atoms with Gasteiger partial charge in [-0.2, -0.15) is 0 Å². The number of hydrogen-bond acceptors (Lipinski definition) is 8. The minimum atomic E-state index is -0.0917. The molecular formula is C46H49N3O6. The zero-order valence-corrected chi connectivity index (χ0v) is 32.1. The zero-order valence-electron chi connectivity index (χ0n) is 32.1. The van der Waals surface area contributed by atoms with E-state index in [9.17, 15) is 4.79 Å². The summed E-state index contributed by atoms with van der Waals surface area (Å²) < 4.78 is 31.9. The Balaban J connectivity index is 1.16. The number of fused-ring (bicyclic) bond motifs is 2. The van der Waals surface area contributed by atoms with Crippen molar-refractivity contribution in [2.45, 2.75) is 44.2 Å². The summed E-state index contributed by atoms with van der Waals surface area (Å²) >= 11 is 0. The first kappa shape index (κ1) is 36.5. The molecule has 9 nitrogen and oxygen atoms in total. The van der Waals surface area contributed by atoms with E-state index in [4.69, 9.17) is 23.7 Å². The number of carbonyl (C=O) groups excluding carboxylic acids is 1. The van der Waals surface area contributed by atoms with Crippen LogP contribution < -0.4 is 29.0 Å². The molecule has 0 spiro atoms. The van der Waals surface area contributed by atoms with Crippen LogP contribution in [0.2, 0.25) is 0 Å². The van der Waals surface area contributed by atoms with E-state index in [1.165, 1.54) is 22.3 Å². The summed E-state index contributed by atoms with van der Waals surface area (Å²) in [4.78, 5) is 17.4. The van der Waals surface area contributed by atoms with Crippen LogP contribution in [-0.4, -0.2) is 70.3 Å². The molecule has 0 aromatic heterocycles. The van der Waals surface area contributed by atoms with E-state index in [1.54, 1.807) is 14.2 Å². The molecule has 55 heavy (non-hydrogen) atoms. The number of rotatable bonds is 8. The molecule has 4 aliphatic rings. The maximum Gasteiger partial charge on any atom is 0.251 e. The van der Waals surface area contributed by atoms with Crippen molar-refractivity contribution >= 4 is 5.91 Å². The molecule has 1 N–H and O–H groups in total. The number of amides is 1. The highest BCUT2D eigenvalue weighted by molar-refractivity contribution is 5.94. The molecule has 4 aliphatic heterocycles. The van der Waals surface area contributed by atoms with Gasteiger partial charge in [0, 0.05) is 42.8 Å². The van der Waals surface area contributed by atoms with Gasteiger partial charge in [0.05, 0.1) is 20.8 Å². The van der Waals surface area contributed by atoms with E-state index < -0.39 is 0 Å². The molecule has 0 aliphatic carbocycles. The van der Waals surface area contributed by atoms with Gasteiger partial charge in [0.2, 0.25) is 5.75 Å². The van der Waals surface area contributed by atoms with Crippen molar-refractivity contribution < 1.29 is 28.5 Å². The minimum absolute atomic E-state index is 0.0129. The fourth-order valence-corrected chi connectivity index (χ4v) is 8.17. The van der Waals surface area contributed by atoms with E-state index in [2.05, 4.69) is 77.7 Å². The number of ether oxygens (including phenoxy) is 5. The quantitative estimate of drug-likeness (QED) is 0.159. The second-order valence-corrected chi connectivity index (χ2v) is 14.7. The average molecular weight is 740 g/mol. The molecule has 4 heterocycles. The predicted octanol–water partition coefficient (Wildman–Crippen LogP) is 8.34. The first-order valence-corrected chi connectivity index (χ1v) is 19.2. The lowest BCUT2D eigenvalue weighted by atomic mass is 9.87. The maximum atomic E-state index is 12.5. The van der Waals surface area contributed by atoms with Gasteiger partial charge in [-0.15, -0.1) is 0 Å². The molecule has 6 bridgehead atoms. The molecule has 9 heteroatoms. The SMILES string of the molecule is COc1cc2c3c(c1OC)Oc1ccc4c(c1)[C@H](Cc1ccc(cc1)Oc1cc(ccc1OCCCNC(=O)c1ccccc1)C[C@H]3N(C)CC2)N(C)CC4. The summed E-state index contributed by atoms with van der Waals surface area (Å²) in [6, 6.07) is 32.7. The zero-order chi connectivity index (χ0) is 37.9. The van der Waals surface area contributed by atoms with Crippen molar-refractivity contribution in [1.82, 2.24) is 15.1 Å². The summed E-state index contributed by atoms with van der Waals surface area (Å²) in [6.45, 7) is 2.79. The normalized spacial score (nSPS) is 17.8. The Morgan fingerprint density at radius 2 is 1.47 bits per heavy atom. The van der Waals surface area contributed by atoms with Gasteiger partial charge >= 0.3 is 0 Å². The maximum absolute atomic E-state index is 12.5. The third-order valence-electron chi connectivity index (χ3n) is 11.2. The van der Waals surface area contributed by atoms with E-state index in [0.29, 0.717) is 60.3 Å². The highest BCUT2D eigenvalue weighted by Crippen LogP contribution is 2.50. The van der Waals surface area contributed by atoms with Crippen LogP contribution in [-0.2, 0) is 25.7 Å².